The second kappa shape index (κ2) is 6.24. The van der Waals surface area contributed by atoms with Crippen molar-refractivity contribution in [1.29, 1.82) is 0 Å². The first-order valence-corrected chi connectivity index (χ1v) is 7.60. The van der Waals surface area contributed by atoms with E-state index >= 15 is 0 Å². The molecule has 1 unspecified atom stereocenters. The summed E-state index contributed by atoms with van der Waals surface area (Å²) >= 11 is 0. The van der Waals surface area contributed by atoms with Gasteiger partial charge in [0.15, 0.2) is 12.2 Å². The van der Waals surface area contributed by atoms with Crippen LogP contribution in [0.2, 0.25) is 0 Å². The largest absolute Gasteiger partial charge is 0.444 e. The molecule has 1 fully saturated rings. The van der Waals surface area contributed by atoms with Gasteiger partial charge in [-0.3, -0.25) is 9.59 Å². The van der Waals surface area contributed by atoms with Crippen molar-refractivity contribution < 1.29 is 14.0 Å². The number of piperidine rings is 1. The second-order valence-electron chi connectivity index (χ2n) is 6.09. The molecule has 3 rings (SSSR count). The summed E-state index contributed by atoms with van der Waals surface area (Å²) in [5.74, 6) is 0.665. The van der Waals surface area contributed by atoms with Crippen molar-refractivity contribution in [3.63, 3.8) is 0 Å². The summed E-state index contributed by atoms with van der Waals surface area (Å²) in [6.07, 6.45) is 4.01. The van der Waals surface area contributed by atoms with E-state index < -0.39 is 5.41 Å². The van der Waals surface area contributed by atoms with Gasteiger partial charge in [0.2, 0.25) is 11.8 Å². The van der Waals surface area contributed by atoms with Gasteiger partial charge >= 0.3 is 0 Å². The van der Waals surface area contributed by atoms with Crippen molar-refractivity contribution in [3.05, 3.63) is 42.4 Å². The van der Waals surface area contributed by atoms with Crippen molar-refractivity contribution >= 4 is 11.8 Å². The van der Waals surface area contributed by atoms with Crippen LogP contribution in [0.15, 0.2) is 41.3 Å². The van der Waals surface area contributed by atoms with E-state index in [0.717, 1.165) is 11.1 Å². The summed E-state index contributed by atoms with van der Waals surface area (Å²) < 4.78 is 5.28. The highest BCUT2D eigenvalue weighted by Gasteiger charge is 2.36. The molecule has 2 heterocycles. The molecule has 1 saturated heterocycles. The van der Waals surface area contributed by atoms with Crippen molar-refractivity contribution in [1.82, 2.24) is 15.6 Å². The summed E-state index contributed by atoms with van der Waals surface area (Å²) in [7, 11) is 0. The van der Waals surface area contributed by atoms with Gasteiger partial charge in [-0.15, -0.1) is 0 Å². The number of carbonyl (C=O) groups excluding carboxylic acids is 2. The Morgan fingerprint density at radius 3 is 3.04 bits per heavy atom. The molecule has 0 spiro atoms. The van der Waals surface area contributed by atoms with E-state index in [1.165, 1.54) is 6.39 Å². The van der Waals surface area contributed by atoms with E-state index in [1.54, 1.807) is 6.20 Å². The molecule has 0 radical (unpaired) electrons. The average Bonchev–Trinajstić information content (AvgIpc) is 3.10. The smallest absolute Gasteiger partial charge is 0.228 e. The lowest BCUT2D eigenvalue weighted by Gasteiger charge is -2.32. The van der Waals surface area contributed by atoms with Crippen LogP contribution in [0.5, 0.6) is 0 Å². The number of oxazole rings is 1. The lowest BCUT2D eigenvalue weighted by atomic mass is 9.81. The van der Waals surface area contributed by atoms with Crippen LogP contribution >= 0.6 is 0 Å². The number of carbonyl (C=O) groups is 2. The highest BCUT2D eigenvalue weighted by Crippen LogP contribution is 2.26. The zero-order valence-corrected chi connectivity index (χ0v) is 13.0. The van der Waals surface area contributed by atoms with Crippen LogP contribution < -0.4 is 10.6 Å². The monoisotopic (exact) mass is 313 g/mol. The Bertz CT molecular complexity index is 700. The molecule has 1 aliphatic heterocycles. The fraction of sp³-hybridized carbons (Fsp3) is 0.353. The Morgan fingerprint density at radius 2 is 2.35 bits per heavy atom. The second-order valence-corrected chi connectivity index (χ2v) is 6.09. The van der Waals surface area contributed by atoms with Crippen molar-refractivity contribution in [2.24, 2.45) is 5.41 Å². The van der Waals surface area contributed by atoms with Crippen molar-refractivity contribution in [2.45, 2.75) is 26.3 Å². The first kappa shape index (κ1) is 15.3. The zero-order chi connectivity index (χ0) is 16.3. The third-order valence-electron chi connectivity index (χ3n) is 4.22. The van der Waals surface area contributed by atoms with Crippen molar-refractivity contribution in [3.8, 4) is 11.3 Å². The van der Waals surface area contributed by atoms with Crippen molar-refractivity contribution in [2.75, 3.05) is 6.54 Å². The number of hydrogen-bond acceptors (Lipinski definition) is 4. The minimum atomic E-state index is -0.545. The normalized spacial score (nSPS) is 20.8. The summed E-state index contributed by atoms with van der Waals surface area (Å²) in [5.41, 5.74) is 1.36. The van der Waals surface area contributed by atoms with Gasteiger partial charge in [-0.2, -0.15) is 0 Å². The number of aromatic nitrogens is 1. The molecule has 0 saturated carbocycles. The Labute approximate surface area is 134 Å². The van der Waals surface area contributed by atoms with Gasteiger partial charge in [-0.1, -0.05) is 18.2 Å². The molecule has 23 heavy (non-hydrogen) atoms. The number of amides is 2. The van der Waals surface area contributed by atoms with Gasteiger partial charge in [0.1, 0.15) is 0 Å². The van der Waals surface area contributed by atoms with E-state index in [0.29, 0.717) is 31.7 Å². The summed E-state index contributed by atoms with van der Waals surface area (Å²) in [6, 6.07) is 7.77. The van der Waals surface area contributed by atoms with Gasteiger partial charge in [0, 0.05) is 25.1 Å². The molecule has 6 heteroatoms. The molecular weight excluding hydrogens is 294 g/mol. The van der Waals surface area contributed by atoms with Crippen LogP contribution in [0.3, 0.4) is 0 Å². The number of nitrogens with zero attached hydrogens (tertiary/aromatic N) is 1. The first-order valence-electron chi connectivity index (χ1n) is 7.60. The molecule has 1 aromatic carbocycles. The van der Waals surface area contributed by atoms with Crippen LogP contribution in [-0.4, -0.2) is 23.3 Å². The Balaban J connectivity index is 1.63. The maximum Gasteiger partial charge on any atom is 0.228 e. The number of hydrogen-bond donors (Lipinski definition) is 2. The van der Waals surface area contributed by atoms with Crippen LogP contribution in [-0.2, 0) is 16.1 Å². The molecule has 6 nitrogen and oxygen atoms in total. The molecule has 2 aromatic rings. The van der Waals surface area contributed by atoms with E-state index in [2.05, 4.69) is 15.6 Å². The van der Waals surface area contributed by atoms with Gasteiger partial charge in [-0.25, -0.2) is 4.98 Å². The van der Waals surface area contributed by atoms with Gasteiger partial charge in [0.25, 0.3) is 0 Å². The molecule has 1 aromatic heterocycles. The maximum atomic E-state index is 12.4. The molecule has 0 bridgehead atoms. The lowest BCUT2D eigenvalue weighted by Crippen LogP contribution is -2.50. The quantitative estimate of drug-likeness (QED) is 0.902. The van der Waals surface area contributed by atoms with Crippen LogP contribution in [0.4, 0.5) is 0 Å². The van der Waals surface area contributed by atoms with E-state index in [9.17, 15) is 9.59 Å². The molecule has 2 N–H and O–H groups in total. The molecule has 1 aliphatic rings. The van der Waals surface area contributed by atoms with Gasteiger partial charge in [0.05, 0.1) is 11.6 Å². The minimum absolute atomic E-state index is 0.00929. The Kier molecular flexibility index (Phi) is 4.14. The number of benzene rings is 1. The van der Waals surface area contributed by atoms with E-state index in [4.69, 9.17) is 4.42 Å². The SMILES string of the molecule is CC1(C(=O)NCc2cccc(-c3cnco3)c2)CCC(=O)NC1. The van der Waals surface area contributed by atoms with Gasteiger partial charge in [-0.05, 0) is 25.0 Å². The Morgan fingerprint density at radius 1 is 1.48 bits per heavy atom. The molecule has 0 aliphatic carbocycles. The van der Waals surface area contributed by atoms with Crippen LogP contribution in [0.25, 0.3) is 11.3 Å². The van der Waals surface area contributed by atoms with Crippen LogP contribution in [0, 0.1) is 5.41 Å². The maximum absolute atomic E-state index is 12.4. The molecule has 2 amide bonds. The van der Waals surface area contributed by atoms with Gasteiger partial charge < -0.3 is 15.1 Å². The predicted octanol–water partition coefficient (Wildman–Crippen LogP) is 1.87. The third kappa shape index (κ3) is 3.41. The molecular formula is C17H19N3O3. The topological polar surface area (TPSA) is 84.2 Å². The fourth-order valence-corrected chi connectivity index (χ4v) is 2.64. The number of rotatable bonds is 4. The summed E-state index contributed by atoms with van der Waals surface area (Å²) in [5, 5.41) is 5.72. The third-order valence-corrected chi connectivity index (χ3v) is 4.22. The van der Waals surface area contributed by atoms with E-state index in [-0.39, 0.29) is 11.8 Å². The predicted molar refractivity (Wildman–Crippen MR) is 84.1 cm³/mol. The Hall–Kier alpha value is -2.63. The van der Waals surface area contributed by atoms with E-state index in [1.807, 2.05) is 31.2 Å². The van der Waals surface area contributed by atoms with Crippen LogP contribution in [0.1, 0.15) is 25.3 Å². The summed E-state index contributed by atoms with van der Waals surface area (Å²) in [6.45, 7) is 2.70. The molecule has 120 valence electrons. The fourth-order valence-electron chi connectivity index (χ4n) is 2.64. The summed E-state index contributed by atoms with van der Waals surface area (Å²) in [4.78, 5) is 27.6. The highest BCUT2D eigenvalue weighted by atomic mass is 16.3. The lowest BCUT2D eigenvalue weighted by molar-refractivity contribution is -0.134. The average molecular weight is 313 g/mol. The molecule has 1 atom stereocenters. The standard InChI is InChI=1S/C17H19N3O3/c1-17(6-5-15(21)20-10-17)16(22)19-8-12-3-2-4-13(7-12)14-9-18-11-23-14/h2-4,7,9,11H,5-6,8,10H2,1H3,(H,19,22)(H,20,21). The zero-order valence-electron chi connectivity index (χ0n) is 13.0. The number of nitrogens with one attached hydrogen (secondary N) is 2. The first-order chi connectivity index (χ1) is 11.1. The highest BCUT2D eigenvalue weighted by molar-refractivity contribution is 5.86. The minimum Gasteiger partial charge on any atom is -0.444 e.